The molecule has 0 radical (unpaired) electrons. The quantitative estimate of drug-likeness (QED) is 0.535. The van der Waals surface area contributed by atoms with Crippen molar-refractivity contribution < 1.29 is 4.79 Å². The number of aryl methyl sites for hydroxylation is 2. The second-order valence-corrected chi connectivity index (χ2v) is 6.49. The van der Waals surface area contributed by atoms with Crippen molar-refractivity contribution >= 4 is 17.3 Å². The Labute approximate surface area is 161 Å². The molecule has 3 heterocycles. The van der Waals surface area contributed by atoms with E-state index in [4.69, 9.17) is 5.73 Å². The topological polar surface area (TPSA) is 104 Å². The molecule has 140 valence electrons. The predicted octanol–water partition coefficient (Wildman–Crippen LogP) is 2.72. The van der Waals surface area contributed by atoms with E-state index in [-0.39, 0.29) is 5.91 Å². The summed E-state index contributed by atoms with van der Waals surface area (Å²) in [7, 11) is 3.70. The number of nitrogen functional groups attached to an aromatic ring is 1. The molecule has 0 bridgehead atoms. The first-order valence-electron chi connectivity index (χ1n) is 8.64. The molecule has 0 aliphatic carbocycles. The van der Waals surface area contributed by atoms with E-state index in [1.807, 2.05) is 44.7 Å². The lowest BCUT2D eigenvalue weighted by Crippen LogP contribution is -2.14. The Hall–Kier alpha value is -3.94. The van der Waals surface area contributed by atoms with E-state index in [2.05, 4.69) is 20.5 Å². The molecule has 0 aliphatic heterocycles. The zero-order chi connectivity index (χ0) is 19.7. The zero-order valence-electron chi connectivity index (χ0n) is 15.5. The van der Waals surface area contributed by atoms with Gasteiger partial charge in [0.15, 0.2) is 0 Å². The van der Waals surface area contributed by atoms with Crippen molar-refractivity contribution in [1.82, 2.24) is 24.5 Å². The highest BCUT2D eigenvalue weighted by molar-refractivity contribution is 6.05. The Balaban J connectivity index is 1.55. The summed E-state index contributed by atoms with van der Waals surface area (Å²) in [5.74, 6) is -0.326. The molecule has 0 saturated heterocycles. The van der Waals surface area contributed by atoms with Crippen LogP contribution in [0.15, 0.2) is 61.3 Å². The van der Waals surface area contributed by atoms with Gasteiger partial charge in [0, 0.05) is 49.4 Å². The number of nitrogens with zero attached hydrogens (tertiary/aromatic N) is 5. The van der Waals surface area contributed by atoms with Crippen LogP contribution in [-0.4, -0.2) is 30.5 Å². The number of pyridine rings is 1. The molecule has 0 fully saturated rings. The van der Waals surface area contributed by atoms with Crippen LogP contribution in [0.25, 0.3) is 22.3 Å². The number of carbonyl (C=O) groups is 1. The maximum atomic E-state index is 12.6. The van der Waals surface area contributed by atoms with Gasteiger partial charge in [-0.15, -0.1) is 0 Å². The summed E-state index contributed by atoms with van der Waals surface area (Å²) in [6.07, 6.45) is 8.95. The molecular formula is C20H19N7O. The fourth-order valence-corrected chi connectivity index (χ4v) is 2.87. The summed E-state index contributed by atoms with van der Waals surface area (Å²) in [5, 5.41) is 11.1. The van der Waals surface area contributed by atoms with Gasteiger partial charge in [-0.25, -0.2) is 0 Å². The van der Waals surface area contributed by atoms with Crippen molar-refractivity contribution in [1.29, 1.82) is 0 Å². The molecule has 0 atom stereocenters. The lowest BCUT2D eigenvalue weighted by Gasteiger charge is -2.10. The third-order valence-electron chi connectivity index (χ3n) is 4.37. The predicted molar refractivity (Wildman–Crippen MR) is 107 cm³/mol. The third-order valence-corrected chi connectivity index (χ3v) is 4.37. The number of nitrogens with two attached hydrogens (primary N) is 1. The van der Waals surface area contributed by atoms with Gasteiger partial charge in [0.25, 0.3) is 5.91 Å². The largest absolute Gasteiger partial charge is 0.397 e. The molecule has 0 saturated carbocycles. The number of anilines is 2. The number of amides is 1. The summed E-state index contributed by atoms with van der Waals surface area (Å²) < 4.78 is 3.44. The molecule has 0 spiro atoms. The lowest BCUT2D eigenvalue weighted by molar-refractivity contribution is 0.102. The van der Waals surface area contributed by atoms with Crippen LogP contribution in [0.3, 0.4) is 0 Å². The maximum Gasteiger partial charge on any atom is 0.274 e. The zero-order valence-corrected chi connectivity index (χ0v) is 15.5. The van der Waals surface area contributed by atoms with E-state index in [1.165, 1.54) is 0 Å². The van der Waals surface area contributed by atoms with Crippen molar-refractivity contribution in [2.75, 3.05) is 11.1 Å². The second-order valence-electron chi connectivity index (χ2n) is 6.49. The average Bonchev–Trinajstić information content (AvgIpc) is 3.32. The van der Waals surface area contributed by atoms with Crippen LogP contribution in [0.2, 0.25) is 0 Å². The summed E-state index contributed by atoms with van der Waals surface area (Å²) in [6, 6.07) is 9.00. The van der Waals surface area contributed by atoms with Gasteiger partial charge in [0.05, 0.1) is 23.8 Å². The van der Waals surface area contributed by atoms with Crippen LogP contribution < -0.4 is 11.1 Å². The van der Waals surface area contributed by atoms with Crippen LogP contribution in [0, 0.1) is 0 Å². The van der Waals surface area contributed by atoms with Crippen LogP contribution >= 0.6 is 0 Å². The van der Waals surface area contributed by atoms with Crippen molar-refractivity contribution in [3.63, 3.8) is 0 Å². The monoisotopic (exact) mass is 373 g/mol. The Morgan fingerprint density at radius 2 is 1.54 bits per heavy atom. The second kappa shape index (κ2) is 6.99. The highest BCUT2D eigenvalue weighted by Gasteiger charge is 2.12. The standard InChI is InChI=1S/C20H19N7O/c1-26-11-15(9-23-26)13-3-5-17(21)19(7-13)25-20(28)18-6-4-14(8-22-18)16-10-24-27(2)12-16/h3-12H,21H2,1-2H3,(H,25,28). The fraction of sp³-hybridized carbons (Fsp3) is 0.100. The van der Waals surface area contributed by atoms with Crippen LogP contribution in [-0.2, 0) is 14.1 Å². The van der Waals surface area contributed by atoms with Crippen molar-refractivity contribution in [2.45, 2.75) is 0 Å². The van der Waals surface area contributed by atoms with Gasteiger partial charge < -0.3 is 11.1 Å². The minimum absolute atomic E-state index is 0.304. The van der Waals surface area contributed by atoms with Crippen LogP contribution in [0.1, 0.15) is 10.5 Å². The van der Waals surface area contributed by atoms with E-state index in [0.717, 1.165) is 22.3 Å². The van der Waals surface area contributed by atoms with Crippen molar-refractivity contribution in [3.05, 3.63) is 67.0 Å². The first-order chi connectivity index (χ1) is 13.5. The van der Waals surface area contributed by atoms with E-state index in [9.17, 15) is 4.79 Å². The lowest BCUT2D eigenvalue weighted by atomic mass is 10.1. The molecule has 0 aliphatic rings. The summed E-state index contributed by atoms with van der Waals surface area (Å²) in [4.78, 5) is 16.9. The first kappa shape index (κ1) is 17.5. The molecular weight excluding hydrogens is 354 g/mol. The molecule has 4 rings (SSSR count). The van der Waals surface area contributed by atoms with Crippen LogP contribution in [0.4, 0.5) is 11.4 Å². The summed E-state index contributed by atoms with van der Waals surface area (Å²) in [5.41, 5.74) is 11.0. The Kier molecular flexibility index (Phi) is 4.36. The highest BCUT2D eigenvalue weighted by atomic mass is 16.1. The average molecular weight is 373 g/mol. The van der Waals surface area contributed by atoms with E-state index in [1.54, 1.807) is 40.1 Å². The first-order valence-corrected chi connectivity index (χ1v) is 8.64. The molecule has 28 heavy (non-hydrogen) atoms. The minimum Gasteiger partial charge on any atom is -0.397 e. The van der Waals surface area contributed by atoms with Gasteiger partial charge in [0.2, 0.25) is 0 Å². The van der Waals surface area contributed by atoms with Gasteiger partial charge in [0.1, 0.15) is 5.69 Å². The fourth-order valence-electron chi connectivity index (χ4n) is 2.87. The van der Waals surface area contributed by atoms with Crippen LogP contribution in [0.5, 0.6) is 0 Å². The number of aromatic nitrogens is 5. The number of hydrogen-bond donors (Lipinski definition) is 2. The third kappa shape index (κ3) is 3.48. The minimum atomic E-state index is -0.326. The smallest absolute Gasteiger partial charge is 0.274 e. The van der Waals surface area contributed by atoms with Gasteiger partial charge in [-0.1, -0.05) is 12.1 Å². The Morgan fingerprint density at radius 1 is 0.893 bits per heavy atom. The molecule has 0 unspecified atom stereocenters. The normalized spacial score (nSPS) is 10.8. The maximum absolute atomic E-state index is 12.6. The molecule has 1 aromatic carbocycles. The van der Waals surface area contributed by atoms with Gasteiger partial charge in [-0.3, -0.25) is 19.1 Å². The molecule has 1 amide bonds. The SMILES string of the molecule is Cn1cc(-c2ccc(C(=O)Nc3cc(-c4cnn(C)c4)ccc3N)nc2)cn1. The number of carbonyl (C=O) groups excluding carboxylic acids is 1. The van der Waals surface area contributed by atoms with E-state index >= 15 is 0 Å². The molecule has 3 N–H and O–H groups in total. The summed E-state index contributed by atoms with van der Waals surface area (Å²) >= 11 is 0. The van der Waals surface area contributed by atoms with Crippen molar-refractivity contribution in [2.24, 2.45) is 14.1 Å². The van der Waals surface area contributed by atoms with E-state index < -0.39 is 0 Å². The molecule has 4 aromatic rings. The molecule has 8 heteroatoms. The number of hydrogen-bond acceptors (Lipinski definition) is 5. The number of rotatable bonds is 4. The number of nitrogens with one attached hydrogen (secondary N) is 1. The molecule has 8 nitrogen and oxygen atoms in total. The summed E-state index contributed by atoms with van der Waals surface area (Å²) in [6.45, 7) is 0. The number of benzene rings is 1. The molecule has 3 aromatic heterocycles. The van der Waals surface area contributed by atoms with Gasteiger partial charge >= 0.3 is 0 Å². The Morgan fingerprint density at radius 3 is 2.11 bits per heavy atom. The van der Waals surface area contributed by atoms with Gasteiger partial charge in [-0.2, -0.15) is 10.2 Å². The highest BCUT2D eigenvalue weighted by Crippen LogP contribution is 2.27. The van der Waals surface area contributed by atoms with E-state index in [0.29, 0.717) is 17.1 Å². The van der Waals surface area contributed by atoms with Gasteiger partial charge in [-0.05, 0) is 23.8 Å². The Bertz CT molecular complexity index is 1140. The van der Waals surface area contributed by atoms with Crippen molar-refractivity contribution in [3.8, 4) is 22.3 Å².